The van der Waals surface area contributed by atoms with Crippen molar-refractivity contribution in [1.82, 2.24) is 10.2 Å². The number of amides is 1. The van der Waals surface area contributed by atoms with Gasteiger partial charge in [0.25, 0.3) is 5.91 Å². The maximum absolute atomic E-state index is 12.6. The van der Waals surface area contributed by atoms with Gasteiger partial charge in [0.1, 0.15) is 12.4 Å². The number of rotatable bonds is 12. The van der Waals surface area contributed by atoms with Gasteiger partial charge in [0.2, 0.25) is 5.75 Å². The Labute approximate surface area is 178 Å². The molecule has 30 heavy (non-hydrogen) atoms. The summed E-state index contributed by atoms with van der Waals surface area (Å²) in [6.45, 7) is 8.28. The van der Waals surface area contributed by atoms with Crippen molar-refractivity contribution < 1.29 is 23.7 Å². The summed E-state index contributed by atoms with van der Waals surface area (Å²) in [7, 11) is 4.56. The smallest absolute Gasteiger partial charge is 0.251 e. The molecule has 0 aromatic heterocycles. The molecule has 0 heterocycles. The van der Waals surface area contributed by atoms with Gasteiger partial charge < -0.3 is 29.2 Å². The van der Waals surface area contributed by atoms with Crippen LogP contribution in [0.3, 0.4) is 0 Å². The second kappa shape index (κ2) is 11.9. The van der Waals surface area contributed by atoms with Gasteiger partial charge in [-0.05, 0) is 42.9 Å². The Bertz CT molecular complexity index is 779. The fourth-order valence-electron chi connectivity index (χ4n) is 3.03. The van der Waals surface area contributed by atoms with Crippen LogP contribution in [0, 0.1) is 0 Å². The minimum Gasteiger partial charge on any atom is -0.493 e. The summed E-state index contributed by atoms with van der Waals surface area (Å²) >= 11 is 0. The molecule has 0 aliphatic rings. The molecule has 164 valence electrons. The zero-order valence-electron chi connectivity index (χ0n) is 18.5. The van der Waals surface area contributed by atoms with Crippen LogP contribution in [-0.4, -0.2) is 58.4 Å². The second-order valence-electron chi connectivity index (χ2n) is 6.62. The first-order valence-corrected chi connectivity index (χ1v) is 10.1. The number of hydrogen-bond acceptors (Lipinski definition) is 6. The van der Waals surface area contributed by atoms with E-state index >= 15 is 0 Å². The molecule has 7 heteroatoms. The van der Waals surface area contributed by atoms with Gasteiger partial charge in [-0.2, -0.15) is 0 Å². The Balaban J connectivity index is 1.93. The SMILES string of the molecule is CCN(CC)CCOc1ccc(CNC(=O)c2cc(OC)c(OC)c(OC)c2)cc1. The number of ether oxygens (including phenoxy) is 4. The van der Waals surface area contributed by atoms with Gasteiger partial charge in [0, 0.05) is 18.7 Å². The van der Waals surface area contributed by atoms with Crippen LogP contribution < -0.4 is 24.3 Å². The highest BCUT2D eigenvalue weighted by atomic mass is 16.5. The fraction of sp³-hybridized carbons (Fsp3) is 0.435. The first-order chi connectivity index (χ1) is 14.6. The van der Waals surface area contributed by atoms with Crippen LogP contribution in [-0.2, 0) is 6.54 Å². The molecule has 0 aliphatic carbocycles. The van der Waals surface area contributed by atoms with Crippen molar-refractivity contribution in [3.8, 4) is 23.0 Å². The van der Waals surface area contributed by atoms with Crippen LogP contribution in [0.2, 0.25) is 0 Å². The minimum absolute atomic E-state index is 0.228. The van der Waals surface area contributed by atoms with E-state index in [0.717, 1.165) is 30.9 Å². The number of nitrogens with zero attached hydrogens (tertiary/aromatic N) is 1. The van der Waals surface area contributed by atoms with Crippen LogP contribution in [0.15, 0.2) is 36.4 Å². The van der Waals surface area contributed by atoms with E-state index in [4.69, 9.17) is 18.9 Å². The molecule has 0 aliphatic heterocycles. The number of hydrogen-bond donors (Lipinski definition) is 1. The van der Waals surface area contributed by atoms with Crippen LogP contribution in [0.4, 0.5) is 0 Å². The molecule has 0 unspecified atom stereocenters. The molecule has 7 nitrogen and oxygen atoms in total. The summed E-state index contributed by atoms with van der Waals surface area (Å²) in [6, 6.07) is 11.0. The average Bonchev–Trinajstić information content (AvgIpc) is 2.79. The Morgan fingerprint density at radius 1 is 0.933 bits per heavy atom. The summed E-state index contributed by atoms with van der Waals surface area (Å²) in [5, 5.41) is 2.91. The largest absolute Gasteiger partial charge is 0.493 e. The number of benzene rings is 2. The third kappa shape index (κ3) is 6.29. The number of carbonyl (C=O) groups excluding carboxylic acids is 1. The summed E-state index contributed by atoms with van der Waals surface area (Å²) in [5.41, 5.74) is 1.41. The third-order valence-corrected chi connectivity index (χ3v) is 4.87. The van der Waals surface area contributed by atoms with E-state index in [1.807, 2.05) is 24.3 Å². The van der Waals surface area contributed by atoms with Crippen molar-refractivity contribution in [2.45, 2.75) is 20.4 Å². The second-order valence-corrected chi connectivity index (χ2v) is 6.62. The number of methoxy groups -OCH3 is 3. The fourth-order valence-corrected chi connectivity index (χ4v) is 3.03. The van der Waals surface area contributed by atoms with E-state index in [9.17, 15) is 4.79 Å². The summed E-state index contributed by atoms with van der Waals surface area (Å²) in [4.78, 5) is 14.9. The predicted molar refractivity (Wildman–Crippen MR) is 117 cm³/mol. The van der Waals surface area contributed by atoms with Crippen LogP contribution in [0.1, 0.15) is 29.8 Å². The first kappa shape index (κ1) is 23.3. The normalized spacial score (nSPS) is 10.6. The van der Waals surface area contributed by atoms with E-state index in [2.05, 4.69) is 24.1 Å². The van der Waals surface area contributed by atoms with Gasteiger partial charge in [-0.15, -0.1) is 0 Å². The van der Waals surface area contributed by atoms with E-state index in [0.29, 0.717) is 36.0 Å². The average molecular weight is 417 g/mol. The van der Waals surface area contributed by atoms with E-state index < -0.39 is 0 Å². The molecule has 2 aromatic rings. The van der Waals surface area contributed by atoms with Crippen LogP contribution in [0.5, 0.6) is 23.0 Å². The van der Waals surface area contributed by atoms with E-state index in [-0.39, 0.29) is 5.91 Å². The molecule has 2 aromatic carbocycles. The standard InChI is InChI=1S/C23H32N2O5/c1-6-25(7-2)12-13-30-19-10-8-17(9-11-19)16-24-23(26)18-14-20(27-3)22(29-5)21(15-18)28-4/h8-11,14-15H,6-7,12-13,16H2,1-5H3,(H,24,26). The molecule has 0 radical (unpaired) electrons. The lowest BCUT2D eigenvalue weighted by molar-refractivity contribution is 0.0950. The quantitative estimate of drug-likeness (QED) is 0.572. The van der Waals surface area contributed by atoms with Crippen LogP contribution in [0.25, 0.3) is 0 Å². The molecule has 0 atom stereocenters. The Hall–Kier alpha value is -2.93. The van der Waals surface area contributed by atoms with Crippen molar-refractivity contribution in [1.29, 1.82) is 0 Å². The van der Waals surface area contributed by atoms with Crippen molar-refractivity contribution in [2.24, 2.45) is 0 Å². The van der Waals surface area contributed by atoms with Gasteiger partial charge in [-0.3, -0.25) is 4.79 Å². The number of nitrogens with one attached hydrogen (secondary N) is 1. The Morgan fingerprint density at radius 2 is 1.53 bits per heavy atom. The molecule has 0 saturated carbocycles. The van der Waals surface area contributed by atoms with Gasteiger partial charge in [-0.1, -0.05) is 26.0 Å². The van der Waals surface area contributed by atoms with Crippen LogP contribution >= 0.6 is 0 Å². The van der Waals surface area contributed by atoms with Crippen molar-refractivity contribution in [3.63, 3.8) is 0 Å². The van der Waals surface area contributed by atoms with Gasteiger partial charge >= 0.3 is 0 Å². The number of carbonyl (C=O) groups is 1. The first-order valence-electron chi connectivity index (χ1n) is 10.1. The highest BCUT2D eigenvalue weighted by Gasteiger charge is 2.16. The predicted octanol–water partition coefficient (Wildman–Crippen LogP) is 3.36. The minimum atomic E-state index is -0.228. The van der Waals surface area contributed by atoms with Crippen molar-refractivity contribution >= 4 is 5.91 Å². The molecular weight excluding hydrogens is 384 g/mol. The molecular formula is C23H32N2O5. The summed E-state index contributed by atoms with van der Waals surface area (Å²) < 4.78 is 21.7. The maximum Gasteiger partial charge on any atom is 0.251 e. The van der Waals surface area contributed by atoms with Gasteiger partial charge in [0.15, 0.2) is 11.5 Å². The summed E-state index contributed by atoms with van der Waals surface area (Å²) in [5.74, 6) is 1.92. The number of likely N-dealkylation sites (N-methyl/N-ethyl adjacent to an activating group) is 1. The molecule has 2 rings (SSSR count). The topological polar surface area (TPSA) is 69.3 Å². The molecule has 0 bridgehead atoms. The van der Waals surface area contributed by atoms with Crippen molar-refractivity contribution in [2.75, 3.05) is 47.6 Å². The zero-order valence-corrected chi connectivity index (χ0v) is 18.5. The molecule has 1 amide bonds. The van der Waals surface area contributed by atoms with Gasteiger partial charge in [-0.25, -0.2) is 0 Å². The van der Waals surface area contributed by atoms with Gasteiger partial charge in [0.05, 0.1) is 21.3 Å². The Kier molecular flexibility index (Phi) is 9.28. The molecule has 0 saturated heterocycles. The van der Waals surface area contributed by atoms with Crippen molar-refractivity contribution in [3.05, 3.63) is 47.5 Å². The van der Waals surface area contributed by atoms with E-state index in [1.54, 1.807) is 12.1 Å². The lowest BCUT2D eigenvalue weighted by atomic mass is 10.1. The highest BCUT2D eigenvalue weighted by Crippen LogP contribution is 2.38. The highest BCUT2D eigenvalue weighted by molar-refractivity contribution is 5.95. The molecule has 0 spiro atoms. The molecule has 0 fully saturated rings. The lowest BCUT2D eigenvalue weighted by Crippen LogP contribution is -2.27. The Morgan fingerprint density at radius 3 is 2.03 bits per heavy atom. The third-order valence-electron chi connectivity index (χ3n) is 4.87. The maximum atomic E-state index is 12.6. The molecule has 1 N–H and O–H groups in total. The zero-order chi connectivity index (χ0) is 21.9. The monoisotopic (exact) mass is 416 g/mol. The summed E-state index contributed by atoms with van der Waals surface area (Å²) in [6.07, 6.45) is 0. The van der Waals surface area contributed by atoms with E-state index in [1.165, 1.54) is 21.3 Å². The lowest BCUT2D eigenvalue weighted by Gasteiger charge is -2.18.